The van der Waals surface area contributed by atoms with E-state index in [1.807, 2.05) is 13.8 Å². The summed E-state index contributed by atoms with van der Waals surface area (Å²) in [6, 6.07) is 4.71. The minimum absolute atomic E-state index is 0.0156. The summed E-state index contributed by atoms with van der Waals surface area (Å²) in [6.45, 7) is 3.75. The van der Waals surface area contributed by atoms with Crippen molar-refractivity contribution in [1.82, 2.24) is 25.3 Å². The van der Waals surface area contributed by atoms with Crippen LogP contribution in [0.25, 0.3) is 5.69 Å². The first-order valence-corrected chi connectivity index (χ1v) is 12.0. The van der Waals surface area contributed by atoms with Gasteiger partial charge in [0.25, 0.3) is 0 Å². The van der Waals surface area contributed by atoms with E-state index in [1.165, 1.54) is 24.1 Å². The molecule has 2 amide bonds. The lowest BCUT2D eigenvalue weighted by Gasteiger charge is -2.14. The van der Waals surface area contributed by atoms with Gasteiger partial charge in [0.1, 0.15) is 17.6 Å². The molecule has 0 spiro atoms. The van der Waals surface area contributed by atoms with Gasteiger partial charge in [-0.05, 0) is 38.7 Å². The number of phenols is 1. The number of phenolic OH excluding ortho intramolecular Hbond substituents is 1. The number of H-pyrrole nitrogens is 1. The molecule has 0 unspecified atom stereocenters. The van der Waals surface area contributed by atoms with Crippen molar-refractivity contribution in [2.24, 2.45) is 0 Å². The summed E-state index contributed by atoms with van der Waals surface area (Å²) in [5.41, 5.74) is 1.86. The van der Waals surface area contributed by atoms with Crippen LogP contribution in [0, 0.1) is 0 Å². The third kappa shape index (κ3) is 6.26. The summed E-state index contributed by atoms with van der Waals surface area (Å²) in [5.74, 6) is 0.392. The molecule has 1 fully saturated rings. The molecule has 196 valence electrons. The minimum atomic E-state index is -0.410. The molecule has 0 radical (unpaired) electrons. The summed E-state index contributed by atoms with van der Waals surface area (Å²) in [6.07, 6.45) is 5.39. The van der Waals surface area contributed by atoms with Crippen molar-refractivity contribution in [2.45, 2.75) is 57.6 Å². The average molecular weight is 511 g/mol. The highest BCUT2D eigenvalue weighted by molar-refractivity contribution is 5.91. The number of nitrogens with zero attached hydrogens (tertiary/aromatic N) is 3. The summed E-state index contributed by atoms with van der Waals surface area (Å²) in [5, 5.41) is 27.0. The number of anilines is 1. The van der Waals surface area contributed by atoms with Crippen LogP contribution in [0.2, 0.25) is 0 Å². The van der Waals surface area contributed by atoms with E-state index >= 15 is 0 Å². The fraction of sp³-hybridized carbons (Fsp3) is 0.400. The molecule has 4 rings (SSSR count). The van der Waals surface area contributed by atoms with Crippen molar-refractivity contribution in [2.75, 3.05) is 12.4 Å². The number of amides is 2. The molecule has 1 aromatic carbocycles. The van der Waals surface area contributed by atoms with Crippen molar-refractivity contribution < 1.29 is 29.0 Å². The summed E-state index contributed by atoms with van der Waals surface area (Å²) in [4.78, 5) is 35.9. The fourth-order valence-corrected chi connectivity index (χ4v) is 4.34. The van der Waals surface area contributed by atoms with E-state index in [-0.39, 0.29) is 41.7 Å². The topological polar surface area (TPSA) is 160 Å². The third-order valence-corrected chi connectivity index (χ3v) is 6.08. The van der Waals surface area contributed by atoms with E-state index in [4.69, 9.17) is 9.47 Å². The zero-order valence-electron chi connectivity index (χ0n) is 20.9. The van der Waals surface area contributed by atoms with Crippen molar-refractivity contribution >= 4 is 24.1 Å². The number of alkyl carbamates (subject to hydrolysis) is 1. The number of aldehydes is 1. The number of aromatic hydroxyl groups is 1. The van der Waals surface area contributed by atoms with Gasteiger partial charge < -0.3 is 25.2 Å². The first-order valence-electron chi connectivity index (χ1n) is 12.0. The number of carbonyl (C=O) groups is 3. The molecule has 4 N–H and O–H groups in total. The molecule has 3 aromatic rings. The maximum atomic E-state index is 12.6. The standard InChI is InChI=1S/C25H30N6O6/c1-14(2)27-25(35)37-17-5-4-16(7-17)20-10-23(30-29-20)28-24(34)6-15-11-26-31(12-15)21-8-18(36-3)9-22(33)19(21)13-32/h8-14,16-17,33H,4-7H2,1-3H3,(H,27,35)(H2,28,29,30,34)/t16-,17+/m0/s1. The number of aromatic amines is 1. The van der Waals surface area contributed by atoms with E-state index in [2.05, 4.69) is 25.9 Å². The largest absolute Gasteiger partial charge is 0.507 e. The molecule has 0 aliphatic heterocycles. The summed E-state index contributed by atoms with van der Waals surface area (Å²) >= 11 is 0. The third-order valence-electron chi connectivity index (χ3n) is 6.08. The molecule has 1 aliphatic rings. The van der Waals surface area contributed by atoms with Gasteiger partial charge in [-0.1, -0.05) is 0 Å². The normalized spacial score (nSPS) is 17.0. The van der Waals surface area contributed by atoms with Crippen molar-refractivity contribution in [3.63, 3.8) is 0 Å². The van der Waals surface area contributed by atoms with Crippen LogP contribution in [0.3, 0.4) is 0 Å². The lowest BCUT2D eigenvalue weighted by Crippen LogP contribution is -2.33. The van der Waals surface area contributed by atoms with Crippen LogP contribution >= 0.6 is 0 Å². The zero-order valence-corrected chi connectivity index (χ0v) is 20.9. The van der Waals surface area contributed by atoms with Crippen molar-refractivity contribution in [3.05, 3.63) is 47.4 Å². The molecular weight excluding hydrogens is 480 g/mol. The van der Waals surface area contributed by atoms with Gasteiger partial charge in [-0.2, -0.15) is 10.2 Å². The maximum absolute atomic E-state index is 12.6. The molecule has 1 aliphatic carbocycles. The molecule has 12 nitrogen and oxygen atoms in total. The molecule has 12 heteroatoms. The highest BCUT2D eigenvalue weighted by Gasteiger charge is 2.30. The summed E-state index contributed by atoms with van der Waals surface area (Å²) in [7, 11) is 1.45. The number of methoxy groups -OCH3 is 1. The smallest absolute Gasteiger partial charge is 0.407 e. The van der Waals surface area contributed by atoms with Gasteiger partial charge in [0.05, 0.1) is 31.0 Å². The number of rotatable bonds is 9. The minimum Gasteiger partial charge on any atom is -0.507 e. The van der Waals surface area contributed by atoms with Gasteiger partial charge >= 0.3 is 6.09 Å². The Kier molecular flexibility index (Phi) is 7.75. The number of nitrogens with one attached hydrogen (secondary N) is 3. The second-order valence-electron chi connectivity index (χ2n) is 9.26. The molecular formula is C25H30N6O6. The maximum Gasteiger partial charge on any atom is 0.407 e. The molecule has 2 heterocycles. The van der Waals surface area contributed by atoms with E-state index in [9.17, 15) is 19.5 Å². The molecule has 0 bridgehead atoms. The van der Waals surface area contributed by atoms with E-state index < -0.39 is 6.09 Å². The van der Waals surface area contributed by atoms with Gasteiger partial charge in [-0.15, -0.1) is 0 Å². The van der Waals surface area contributed by atoms with E-state index in [0.29, 0.717) is 35.5 Å². The Morgan fingerprint density at radius 2 is 2.11 bits per heavy atom. The average Bonchev–Trinajstić information content (AvgIpc) is 3.59. The number of aromatic nitrogens is 4. The summed E-state index contributed by atoms with van der Waals surface area (Å²) < 4.78 is 12.0. The van der Waals surface area contributed by atoms with Gasteiger partial charge in [0.15, 0.2) is 12.1 Å². The van der Waals surface area contributed by atoms with Crippen LogP contribution in [0.15, 0.2) is 30.6 Å². The van der Waals surface area contributed by atoms with Crippen LogP contribution < -0.4 is 15.4 Å². The Bertz CT molecular complexity index is 1280. The fourth-order valence-electron chi connectivity index (χ4n) is 4.34. The predicted molar refractivity (Wildman–Crippen MR) is 133 cm³/mol. The number of hydrogen-bond donors (Lipinski definition) is 4. The van der Waals surface area contributed by atoms with E-state index in [0.717, 1.165) is 18.5 Å². The van der Waals surface area contributed by atoms with Crippen molar-refractivity contribution in [3.8, 4) is 17.2 Å². The van der Waals surface area contributed by atoms with E-state index in [1.54, 1.807) is 18.3 Å². The number of benzene rings is 1. The second-order valence-corrected chi connectivity index (χ2v) is 9.26. The van der Waals surface area contributed by atoms with Crippen LogP contribution in [0.5, 0.6) is 11.5 Å². The Hall–Kier alpha value is -4.35. The Morgan fingerprint density at radius 1 is 1.30 bits per heavy atom. The molecule has 2 aromatic heterocycles. The Labute approximate surface area is 213 Å². The van der Waals surface area contributed by atoms with Gasteiger partial charge in [0, 0.05) is 42.0 Å². The predicted octanol–water partition coefficient (Wildman–Crippen LogP) is 3.07. The first-order chi connectivity index (χ1) is 17.7. The molecule has 1 saturated carbocycles. The highest BCUT2D eigenvalue weighted by Crippen LogP contribution is 2.36. The molecule has 0 saturated heterocycles. The number of hydrogen-bond acceptors (Lipinski definition) is 8. The van der Waals surface area contributed by atoms with Gasteiger partial charge in [-0.3, -0.25) is 14.7 Å². The van der Waals surface area contributed by atoms with Crippen LogP contribution in [0.1, 0.15) is 60.6 Å². The van der Waals surface area contributed by atoms with Crippen LogP contribution in [0.4, 0.5) is 10.6 Å². The second kappa shape index (κ2) is 11.1. The van der Waals surface area contributed by atoms with Crippen LogP contribution in [-0.4, -0.2) is 62.6 Å². The first kappa shape index (κ1) is 25.7. The lowest BCUT2D eigenvalue weighted by molar-refractivity contribution is -0.115. The molecule has 2 atom stereocenters. The van der Waals surface area contributed by atoms with Crippen LogP contribution in [-0.2, 0) is 16.0 Å². The monoisotopic (exact) mass is 510 g/mol. The Morgan fingerprint density at radius 3 is 2.84 bits per heavy atom. The van der Waals surface area contributed by atoms with Crippen molar-refractivity contribution in [1.29, 1.82) is 0 Å². The SMILES string of the molecule is COc1cc(O)c(C=O)c(-n2cc(CC(=O)Nc3cc([C@H]4CC[C@@H](OC(=O)NC(C)C)C4)[nH]n3)cn2)c1. The number of carbonyl (C=O) groups excluding carboxylic acids is 3. The zero-order chi connectivity index (χ0) is 26.5. The van der Waals surface area contributed by atoms with Gasteiger partial charge in [-0.25, -0.2) is 9.48 Å². The highest BCUT2D eigenvalue weighted by atomic mass is 16.6. The lowest BCUT2D eigenvalue weighted by atomic mass is 10.0. The molecule has 37 heavy (non-hydrogen) atoms. The quantitative estimate of drug-likeness (QED) is 0.320. The number of ether oxygens (including phenoxy) is 2. The Balaban J connectivity index is 1.34. The van der Waals surface area contributed by atoms with Gasteiger partial charge in [0.2, 0.25) is 5.91 Å².